The molecule has 1 aromatic heterocycles. The molecule has 136 valence electrons. The maximum absolute atomic E-state index is 13.2. The van der Waals surface area contributed by atoms with E-state index in [1.165, 1.54) is 16.8 Å². The SMILES string of the molecule is Cl.O=C(NCCN1CCNCC1)c1cn(Cc2cccc(F)c2)nn1. The van der Waals surface area contributed by atoms with E-state index in [-0.39, 0.29) is 29.8 Å². The molecule has 25 heavy (non-hydrogen) atoms. The van der Waals surface area contributed by atoms with Crippen LogP contribution < -0.4 is 10.6 Å². The zero-order chi connectivity index (χ0) is 16.8. The van der Waals surface area contributed by atoms with Crippen molar-refractivity contribution in [3.8, 4) is 0 Å². The molecule has 0 bridgehead atoms. The topological polar surface area (TPSA) is 75.1 Å². The zero-order valence-electron chi connectivity index (χ0n) is 13.8. The molecule has 0 aliphatic carbocycles. The number of hydrogen-bond donors (Lipinski definition) is 2. The van der Waals surface area contributed by atoms with E-state index in [1.807, 2.05) is 0 Å². The summed E-state index contributed by atoms with van der Waals surface area (Å²) >= 11 is 0. The van der Waals surface area contributed by atoms with Gasteiger partial charge in [-0.1, -0.05) is 17.3 Å². The molecule has 0 unspecified atom stereocenters. The first-order valence-electron chi connectivity index (χ1n) is 8.06. The number of piperazine rings is 1. The van der Waals surface area contributed by atoms with Crippen LogP contribution in [0, 0.1) is 5.82 Å². The van der Waals surface area contributed by atoms with Gasteiger partial charge in [0.2, 0.25) is 0 Å². The van der Waals surface area contributed by atoms with Crippen LogP contribution in [0.15, 0.2) is 30.5 Å². The largest absolute Gasteiger partial charge is 0.349 e. The number of amides is 1. The molecule has 2 N–H and O–H groups in total. The summed E-state index contributed by atoms with van der Waals surface area (Å²) in [7, 11) is 0. The van der Waals surface area contributed by atoms with Gasteiger partial charge in [-0.3, -0.25) is 9.69 Å². The van der Waals surface area contributed by atoms with Crippen LogP contribution in [0.3, 0.4) is 0 Å². The smallest absolute Gasteiger partial charge is 0.273 e. The Morgan fingerprint density at radius 2 is 2.12 bits per heavy atom. The minimum atomic E-state index is -0.293. The van der Waals surface area contributed by atoms with Crippen LogP contribution in [-0.2, 0) is 6.54 Å². The van der Waals surface area contributed by atoms with Crippen LogP contribution in [-0.4, -0.2) is 65.1 Å². The van der Waals surface area contributed by atoms with Crippen molar-refractivity contribution in [2.75, 3.05) is 39.3 Å². The number of halogens is 2. The van der Waals surface area contributed by atoms with Crippen molar-refractivity contribution < 1.29 is 9.18 Å². The predicted molar refractivity (Wildman–Crippen MR) is 94.4 cm³/mol. The summed E-state index contributed by atoms with van der Waals surface area (Å²) in [4.78, 5) is 14.4. The monoisotopic (exact) mass is 368 g/mol. The van der Waals surface area contributed by atoms with Crippen molar-refractivity contribution in [3.05, 3.63) is 47.5 Å². The summed E-state index contributed by atoms with van der Waals surface area (Å²) in [5, 5.41) is 14.0. The minimum Gasteiger partial charge on any atom is -0.349 e. The van der Waals surface area contributed by atoms with E-state index in [0.717, 1.165) is 38.3 Å². The normalized spacial score (nSPS) is 14.8. The van der Waals surface area contributed by atoms with Gasteiger partial charge < -0.3 is 10.6 Å². The van der Waals surface area contributed by atoms with Gasteiger partial charge in [0.15, 0.2) is 5.69 Å². The van der Waals surface area contributed by atoms with Crippen molar-refractivity contribution in [1.29, 1.82) is 0 Å². The lowest BCUT2D eigenvalue weighted by atomic mass is 10.2. The molecule has 0 radical (unpaired) electrons. The standard InChI is InChI=1S/C16H21FN6O.ClH/c17-14-3-1-2-13(10-14)11-23-12-15(20-21-23)16(24)19-6-9-22-7-4-18-5-8-22;/h1-3,10,12,18H,4-9,11H2,(H,19,24);1H. The number of aromatic nitrogens is 3. The molecular weight excluding hydrogens is 347 g/mol. The molecule has 1 aliphatic heterocycles. The average Bonchev–Trinajstić information content (AvgIpc) is 3.04. The number of hydrogen-bond acceptors (Lipinski definition) is 5. The molecule has 1 saturated heterocycles. The molecule has 1 amide bonds. The molecule has 2 heterocycles. The van der Waals surface area contributed by atoms with Crippen molar-refractivity contribution in [1.82, 2.24) is 30.5 Å². The Morgan fingerprint density at radius 3 is 2.88 bits per heavy atom. The molecular formula is C16H22ClFN6O. The van der Waals surface area contributed by atoms with Gasteiger partial charge in [0.1, 0.15) is 5.82 Å². The van der Waals surface area contributed by atoms with Crippen LogP contribution in [0.4, 0.5) is 4.39 Å². The molecule has 2 aromatic rings. The van der Waals surface area contributed by atoms with Crippen molar-refractivity contribution in [2.24, 2.45) is 0 Å². The van der Waals surface area contributed by atoms with Crippen molar-refractivity contribution in [3.63, 3.8) is 0 Å². The van der Waals surface area contributed by atoms with E-state index >= 15 is 0 Å². The van der Waals surface area contributed by atoms with Gasteiger partial charge >= 0.3 is 0 Å². The van der Waals surface area contributed by atoms with Crippen molar-refractivity contribution >= 4 is 18.3 Å². The predicted octanol–water partition coefficient (Wildman–Crippen LogP) is 0.522. The van der Waals surface area contributed by atoms with Gasteiger partial charge in [-0.15, -0.1) is 17.5 Å². The Hall–Kier alpha value is -2.03. The van der Waals surface area contributed by atoms with E-state index in [1.54, 1.807) is 18.3 Å². The third-order valence-corrected chi connectivity index (χ3v) is 3.93. The van der Waals surface area contributed by atoms with E-state index in [9.17, 15) is 9.18 Å². The summed E-state index contributed by atoms with van der Waals surface area (Å²) in [5.41, 5.74) is 1.04. The second-order valence-electron chi connectivity index (χ2n) is 5.78. The molecule has 1 aromatic carbocycles. The quantitative estimate of drug-likeness (QED) is 0.777. The number of carbonyl (C=O) groups excluding carboxylic acids is 1. The maximum atomic E-state index is 13.2. The fourth-order valence-corrected chi connectivity index (χ4v) is 2.65. The van der Waals surface area contributed by atoms with E-state index in [2.05, 4.69) is 25.8 Å². The van der Waals surface area contributed by atoms with E-state index in [4.69, 9.17) is 0 Å². The lowest BCUT2D eigenvalue weighted by Crippen LogP contribution is -2.46. The Labute approximate surface area is 152 Å². The van der Waals surface area contributed by atoms with Crippen LogP contribution in [0.25, 0.3) is 0 Å². The van der Waals surface area contributed by atoms with Gasteiger partial charge in [-0.2, -0.15) is 0 Å². The first kappa shape index (κ1) is 19.3. The van der Waals surface area contributed by atoms with E-state index < -0.39 is 0 Å². The Kier molecular flexibility index (Phi) is 7.30. The fourth-order valence-electron chi connectivity index (χ4n) is 2.65. The van der Waals surface area contributed by atoms with Crippen molar-refractivity contribution in [2.45, 2.75) is 6.54 Å². The van der Waals surface area contributed by atoms with Gasteiger partial charge in [-0.05, 0) is 17.7 Å². The molecule has 0 atom stereocenters. The minimum absolute atomic E-state index is 0. The maximum Gasteiger partial charge on any atom is 0.273 e. The highest BCUT2D eigenvalue weighted by atomic mass is 35.5. The van der Waals surface area contributed by atoms with Crippen LogP contribution in [0.2, 0.25) is 0 Å². The second kappa shape index (κ2) is 9.45. The average molecular weight is 369 g/mol. The Balaban J connectivity index is 0.00000225. The molecule has 0 spiro atoms. The molecule has 1 fully saturated rings. The van der Waals surface area contributed by atoms with Crippen LogP contribution in [0.1, 0.15) is 16.1 Å². The third kappa shape index (κ3) is 5.77. The van der Waals surface area contributed by atoms with Crippen LogP contribution in [0.5, 0.6) is 0 Å². The number of benzene rings is 1. The number of nitrogens with zero attached hydrogens (tertiary/aromatic N) is 4. The highest BCUT2D eigenvalue weighted by molar-refractivity contribution is 5.91. The fraction of sp³-hybridized carbons (Fsp3) is 0.438. The number of nitrogens with one attached hydrogen (secondary N) is 2. The van der Waals surface area contributed by atoms with Gasteiger partial charge in [0.05, 0.1) is 12.7 Å². The van der Waals surface area contributed by atoms with Gasteiger partial charge in [0, 0.05) is 39.3 Å². The first-order valence-corrected chi connectivity index (χ1v) is 8.06. The lowest BCUT2D eigenvalue weighted by Gasteiger charge is -2.26. The van der Waals surface area contributed by atoms with E-state index in [0.29, 0.717) is 13.1 Å². The molecule has 9 heteroatoms. The highest BCUT2D eigenvalue weighted by Crippen LogP contribution is 2.05. The second-order valence-corrected chi connectivity index (χ2v) is 5.78. The summed E-state index contributed by atoms with van der Waals surface area (Å²) in [6.45, 7) is 5.75. The molecule has 7 nitrogen and oxygen atoms in total. The number of rotatable bonds is 6. The number of carbonyl (C=O) groups is 1. The highest BCUT2D eigenvalue weighted by Gasteiger charge is 2.13. The van der Waals surface area contributed by atoms with Gasteiger partial charge in [-0.25, -0.2) is 9.07 Å². The summed E-state index contributed by atoms with van der Waals surface area (Å²) in [6.07, 6.45) is 1.57. The third-order valence-electron chi connectivity index (χ3n) is 3.93. The summed E-state index contributed by atoms with van der Waals surface area (Å²) in [5.74, 6) is -0.533. The van der Waals surface area contributed by atoms with Gasteiger partial charge in [0.25, 0.3) is 5.91 Å². The summed E-state index contributed by atoms with van der Waals surface area (Å²) in [6, 6.07) is 6.28. The molecule has 3 rings (SSSR count). The summed E-state index contributed by atoms with van der Waals surface area (Å²) < 4.78 is 14.7. The zero-order valence-corrected chi connectivity index (χ0v) is 14.6. The van der Waals surface area contributed by atoms with Crippen LogP contribution >= 0.6 is 12.4 Å². The Bertz CT molecular complexity index is 689. The molecule has 0 saturated carbocycles. The first-order chi connectivity index (χ1) is 11.7. The Morgan fingerprint density at radius 1 is 1.32 bits per heavy atom. The lowest BCUT2D eigenvalue weighted by molar-refractivity contribution is 0.0942. The molecule has 1 aliphatic rings.